The highest BCUT2D eigenvalue weighted by Gasteiger charge is 2.29. The van der Waals surface area contributed by atoms with Crippen LogP contribution in [0, 0.1) is 0 Å². The SMILES string of the molecule is O=C(NC1CC1)C(Sc1ncc(-c2ccccc2)[nH]1)c1ccccc1. The Morgan fingerprint density at radius 3 is 2.44 bits per heavy atom. The number of hydrogen-bond acceptors (Lipinski definition) is 3. The minimum absolute atomic E-state index is 0.0522. The van der Waals surface area contributed by atoms with Crippen molar-refractivity contribution in [2.75, 3.05) is 0 Å². The van der Waals surface area contributed by atoms with Gasteiger partial charge in [0.15, 0.2) is 5.16 Å². The Morgan fingerprint density at radius 2 is 1.76 bits per heavy atom. The van der Waals surface area contributed by atoms with Crippen LogP contribution in [0.4, 0.5) is 0 Å². The Hall–Kier alpha value is -2.53. The number of benzene rings is 2. The summed E-state index contributed by atoms with van der Waals surface area (Å²) in [6, 6.07) is 20.3. The van der Waals surface area contributed by atoms with Gasteiger partial charge >= 0.3 is 0 Å². The zero-order valence-electron chi connectivity index (χ0n) is 13.7. The van der Waals surface area contributed by atoms with E-state index in [9.17, 15) is 4.79 Å². The second kappa shape index (κ2) is 7.15. The molecule has 0 aliphatic heterocycles. The topological polar surface area (TPSA) is 57.8 Å². The average Bonchev–Trinajstić information content (AvgIpc) is 3.35. The van der Waals surface area contributed by atoms with Crippen LogP contribution >= 0.6 is 11.8 Å². The first-order valence-electron chi connectivity index (χ1n) is 8.42. The monoisotopic (exact) mass is 349 g/mol. The average molecular weight is 349 g/mol. The van der Waals surface area contributed by atoms with E-state index >= 15 is 0 Å². The number of imidazole rings is 1. The molecule has 1 atom stereocenters. The molecule has 1 fully saturated rings. The summed E-state index contributed by atoms with van der Waals surface area (Å²) in [5.41, 5.74) is 3.03. The lowest BCUT2D eigenvalue weighted by Gasteiger charge is -2.15. The maximum absolute atomic E-state index is 12.7. The second-order valence-corrected chi connectivity index (χ2v) is 7.25. The third-order valence-electron chi connectivity index (χ3n) is 4.13. The maximum atomic E-state index is 12.7. The van der Waals surface area contributed by atoms with E-state index in [2.05, 4.69) is 15.3 Å². The quantitative estimate of drug-likeness (QED) is 0.656. The molecule has 1 heterocycles. The van der Waals surface area contributed by atoms with Gasteiger partial charge in [-0.25, -0.2) is 4.98 Å². The summed E-state index contributed by atoms with van der Waals surface area (Å²) in [5, 5.41) is 3.55. The van der Waals surface area contributed by atoms with Crippen LogP contribution in [0.2, 0.25) is 0 Å². The van der Waals surface area contributed by atoms with E-state index in [1.54, 1.807) is 0 Å². The van der Waals surface area contributed by atoms with Crippen molar-refractivity contribution in [1.82, 2.24) is 15.3 Å². The molecule has 2 N–H and O–H groups in total. The molecule has 126 valence electrons. The molecule has 1 amide bonds. The summed E-state index contributed by atoms with van der Waals surface area (Å²) in [6.07, 6.45) is 3.98. The highest BCUT2D eigenvalue weighted by Crippen LogP contribution is 2.35. The zero-order chi connectivity index (χ0) is 17.1. The summed E-state index contributed by atoms with van der Waals surface area (Å²) in [6.45, 7) is 0. The zero-order valence-corrected chi connectivity index (χ0v) is 14.5. The number of rotatable bonds is 6. The molecule has 0 bridgehead atoms. The van der Waals surface area contributed by atoms with Crippen molar-refractivity contribution in [3.8, 4) is 11.3 Å². The smallest absolute Gasteiger partial charge is 0.238 e. The predicted molar refractivity (Wildman–Crippen MR) is 100 cm³/mol. The van der Waals surface area contributed by atoms with E-state index in [-0.39, 0.29) is 11.2 Å². The van der Waals surface area contributed by atoms with Crippen LogP contribution in [0.3, 0.4) is 0 Å². The van der Waals surface area contributed by atoms with Gasteiger partial charge in [0, 0.05) is 6.04 Å². The largest absolute Gasteiger partial charge is 0.352 e. The molecule has 1 saturated carbocycles. The molecule has 2 aromatic carbocycles. The van der Waals surface area contributed by atoms with E-state index < -0.39 is 0 Å². The van der Waals surface area contributed by atoms with Crippen LogP contribution in [0.5, 0.6) is 0 Å². The molecule has 5 heteroatoms. The number of amides is 1. The third kappa shape index (κ3) is 3.94. The number of H-pyrrole nitrogens is 1. The summed E-state index contributed by atoms with van der Waals surface area (Å²) in [4.78, 5) is 20.5. The van der Waals surface area contributed by atoms with Crippen molar-refractivity contribution >= 4 is 17.7 Å². The van der Waals surface area contributed by atoms with Gasteiger partial charge in [0.1, 0.15) is 5.25 Å². The fourth-order valence-corrected chi connectivity index (χ4v) is 3.62. The van der Waals surface area contributed by atoms with Crippen molar-refractivity contribution in [1.29, 1.82) is 0 Å². The van der Waals surface area contributed by atoms with Crippen molar-refractivity contribution in [2.24, 2.45) is 0 Å². The van der Waals surface area contributed by atoms with Gasteiger partial charge in [0.2, 0.25) is 5.91 Å². The molecule has 4 rings (SSSR count). The molecular weight excluding hydrogens is 330 g/mol. The summed E-state index contributed by atoms with van der Waals surface area (Å²) >= 11 is 1.46. The van der Waals surface area contributed by atoms with Gasteiger partial charge < -0.3 is 10.3 Å². The number of nitrogens with one attached hydrogen (secondary N) is 2. The van der Waals surface area contributed by atoms with E-state index in [1.165, 1.54) is 11.8 Å². The number of hydrogen-bond donors (Lipinski definition) is 2. The highest BCUT2D eigenvalue weighted by atomic mass is 32.2. The molecule has 3 aromatic rings. The molecule has 0 spiro atoms. The van der Waals surface area contributed by atoms with E-state index in [0.29, 0.717) is 6.04 Å². The Labute approximate surface area is 151 Å². The lowest BCUT2D eigenvalue weighted by molar-refractivity contribution is -0.120. The molecule has 1 aromatic heterocycles. The highest BCUT2D eigenvalue weighted by molar-refractivity contribution is 8.00. The van der Waals surface area contributed by atoms with Gasteiger partial charge in [-0.3, -0.25) is 4.79 Å². The second-order valence-electron chi connectivity index (χ2n) is 6.16. The number of thioether (sulfide) groups is 1. The van der Waals surface area contributed by atoms with Crippen LogP contribution < -0.4 is 5.32 Å². The van der Waals surface area contributed by atoms with Crippen molar-refractivity contribution < 1.29 is 4.79 Å². The van der Waals surface area contributed by atoms with Gasteiger partial charge in [0.05, 0.1) is 11.9 Å². The minimum atomic E-state index is -0.309. The van der Waals surface area contributed by atoms with Crippen molar-refractivity contribution in [2.45, 2.75) is 29.3 Å². The molecule has 0 radical (unpaired) electrons. The first-order valence-corrected chi connectivity index (χ1v) is 9.30. The normalized spacial score (nSPS) is 14.9. The van der Waals surface area contributed by atoms with E-state index in [4.69, 9.17) is 0 Å². The molecule has 1 aliphatic rings. The number of aromatic nitrogens is 2. The Morgan fingerprint density at radius 1 is 1.08 bits per heavy atom. The van der Waals surface area contributed by atoms with Gasteiger partial charge in [0.25, 0.3) is 0 Å². The van der Waals surface area contributed by atoms with Crippen LogP contribution in [-0.4, -0.2) is 21.9 Å². The Balaban J connectivity index is 1.56. The van der Waals surface area contributed by atoms with Crippen LogP contribution in [0.25, 0.3) is 11.3 Å². The van der Waals surface area contributed by atoms with Crippen molar-refractivity contribution in [3.63, 3.8) is 0 Å². The summed E-state index contributed by atoms with van der Waals surface area (Å²) < 4.78 is 0. The lowest BCUT2D eigenvalue weighted by Crippen LogP contribution is -2.29. The first kappa shape index (κ1) is 16.0. The number of aromatic amines is 1. The number of carbonyl (C=O) groups excluding carboxylic acids is 1. The fourth-order valence-electron chi connectivity index (χ4n) is 2.64. The minimum Gasteiger partial charge on any atom is -0.352 e. The standard InChI is InChI=1S/C20H19N3OS/c24-19(22-16-11-12-16)18(15-9-5-2-6-10-15)25-20-21-13-17(23-20)14-7-3-1-4-8-14/h1-10,13,16,18H,11-12H2,(H,21,23)(H,22,24). The van der Waals surface area contributed by atoms with Crippen LogP contribution in [0.1, 0.15) is 23.7 Å². The number of carbonyl (C=O) groups is 1. The van der Waals surface area contributed by atoms with Crippen molar-refractivity contribution in [3.05, 3.63) is 72.4 Å². The maximum Gasteiger partial charge on any atom is 0.238 e. The van der Waals surface area contributed by atoms with Gasteiger partial charge in [-0.1, -0.05) is 72.4 Å². The van der Waals surface area contributed by atoms with E-state index in [1.807, 2.05) is 66.9 Å². The fraction of sp³-hybridized carbons (Fsp3) is 0.200. The molecule has 25 heavy (non-hydrogen) atoms. The van der Waals surface area contributed by atoms with Gasteiger partial charge in [-0.2, -0.15) is 0 Å². The number of nitrogens with zero attached hydrogens (tertiary/aromatic N) is 1. The molecule has 1 aliphatic carbocycles. The third-order valence-corrected chi connectivity index (χ3v) is 5.28. The van der Waals surface area contributed by atoms with Crippen LogP contribution in [0.15, 0.2) is 72.0 Å². The Kier molecular flexibility index (Phi) is 4.57. The molecular formula is C20H19N3OS. The molecule has 0 saturated heterocycles. The van der Waals surface area contributed by atoms with E-state index in [0.717, 1.165) is 34.8 Å². The lowest BCUT2D eigenvalue weighted by atomic mass is 10.1. The summed E-state index contributed by atoms with van der Waals surface area (Å²) in [7, 11) is 0. The summed E-state index contributed by atoms with van der Waals surface area (Å²) in [5.74, 6) is 0.0522. The van der Waals surface area contributed by atoms with Gasteiger partial charge in [-0.05, 0) is 24.0 Å². The molecule has 1 unspecified atom stereocenters. The Bertz CT molecular complexity index is 844. The molecule has 4 nitrogen and oxygen atoms in total. The predicted octanol–water partition coefficient (Wildman–Crippen LogP) is 4.19. The van der Waals surface area contributed by atoms with Gasteiger partial charge in [-0.15, -0.1) is 0 Å². The first-order chi connectivity index (χ1) is 12.3. The van der Waals surface area contributed by atoms with Crippen LogP contribution in [-0.2, 0) is 4.79 Å².